The maximum absolute atomic E-state index is 11.6. The summed E-state index contributed by atoms with van der Waals surface area (Å²) in [6.07, 6.45) is 0.859. The molecule has 1 aromatic carbocycles. The molecule has 0 radical (unpaired) electrons. The van der Waals surface area contributed by atoms with Crippen LogP contribution >= 0.6 is 0 Å². The zero-order valence-corrected chi connectivity index (χ0v) is 11.6. The van der Waals surface area contributed by atoms with Crippen LogP contribution in [-0.2, 0) is 11.2 Å². The Kier molecular flexibility index (Phi) is 5.16. The Hall–Kier alpha value is -1.55. The van der Waals surface area contributed by atoms with E-state index in [9.17, 15) is 9.90 Å². The molecule has 0 aliphatic rings. The topological polar surface area (TPSA) is 43.8 Å². The first kappa shape index (κ1) is 14.5. The van der Waals surface area contributed by atoms with Crippen molar-refractivity contribution in [3.05, 3.63) is 29.8 Å². The van der Waals surface area contributed by atoms with Gasteiger partial charge in [0.15, 0.2) is 0 Å². The molecule has 0 aliphatic carbocycles. The molecular weight excluding hydrogens is 228 g/mol. The van der Waals surface area contributed by atoms with Gasteiger partial charge in [0, 0.05) is 20.1 Å². The van der Waals surface area contributed by atoms with E-state index in [1.807, 2.05) is 24.1 Å². The molecule has 1 aromatic rings. The second-order valence-electron chi connectivity index (χ2n) is 4.92. The van der Waals surface area contributed by atoms with Crippen LogP contribution in [-0.4, -0.2) is 54.5 Å². The highest BCUT2D eigenvalue weighted by Crippen LogP contribution is 2.12. The smallest absolute Gasteiger partial charge is 0.236 e. The maximum atomic E-state index is 11.6. The molecule has 4 heteroatoms. The Morgan fingerprint density at radius 3 is 2.28 bits per heavy atom. The predicted octanol–water partition coefficient (Wildman–Crippen LogP) is 1.34. The van der Waals surface area contributed by atoms with Gasteiger partial charge in [-0.2, -0.15) is 0 Å². The second-order valence-corrected chi connectivity index (χ2v) is 4.92. The average Bonchev–Trinajstić information content (AvgIpc) is 2.31. The minimum absolute atomic E-state index is 0.107. The van der Waals surface area contributed by atoms with Crippen LogP contribution in [0.3, 0.4) is 0 Å². The molecule has 0 heterocycles. The highest BCUT2D eigenvalue weighted by Gasteiger charge is 2.14. The van der Waals surface area contributed by atoms with Crippen molar-refractivity contribution < 1.29 is 9.90 Å². The van der Waals surface area contributed by atoms with E-state index in [-0.39, 0.29) is 17.7 Å². The lowest BCUT2D eigenvalue weighted by atomic mass is 10.1. The third-order valence-corrected chi connectivity index (χ3v) is 3.10. The van der Waals surface area contributed by atoms with Crippen molar-refractivity contribution in [1.82, 2.24) is 9.80 Å². The van der Waals surface area contributed by atoms with Gasteiger partial charge in [-0.05, 0) is 38.1 Å². The standard InChI is InChI=1S/C14H22N2O2/c1-11(16(4)10-14(18)15(2)3)9-12-5-7-13(17)8-6-12/h5-8,11,17H,9-10H2,1-4H3. The molecule has 0 aliphatic heterocycles. The minimum Gasteiger partial charge on any atom is -0.508 e. The third kappa shape index (κ3) is 4.37. The number of carbonyl (C=O) groups excluding carboxylic acids is 1. The number of amides is 1. The highest BCUT2D eigenvalue weighted by atomic mass is 16.3. The number of rotatable bonds is 5. The predicted molar refractivity (Wildman–Crippen MR) is 72.6 cm³/mol. The molecule has 1 unspecified atom stereocenters. The van der Waals surface area contributed by atoms with Crippen molar-refractivity contribution in [2.24, 2.45) is 0 Å². The van der Waals surface area contributed by atoms with E-state index in [2.05, 4.69) is 6.92 Å². The summed E-state index contributed by atoms with van der Waals surface area (Å²) < 4.78 is 0. The SMILES string of the molecule is CC(Cc1ccc(O)cc1)N(C)CC(=O)N(C)C. The van der Waals surface area contributed by atoms with Gasteiger partial charge in [0.2, 0.25) is 5.91 Å². The van der Waals surface area contributed by atoms with Crippen LogP contribution in [0.5, 0.6) is 5.75 Å². The van der Waals surface area contributed by atoms with E-state index in [0.717, 1.165) is 12.0 Å². The summed E-state index contributed by atoms with van der Waals surface area (Å²) in [5.74, 6) is 0.387. The van der Waals surface area contributed by atoms with Crippen molar-refractivity contribution in [2.45, 2.75) is 19.4 Å². The number of benzene rings is 1. The molecule has 0 fully saturated rings. The van der Waals surface area contributed by atoms with Gasteiger partial charge in [-0.3, -0.25) is 9.69 Å². The number of hydrogen-bond donors (Lipinski definition) is 1. The van der Waals surface area contributed by atoms with E-state index in [4.69, 9.17) is 0 Å². The molecule has 4 nitrogen and oxygen atoms in total. The maximum Gasteiger partial charge on any atom is 0.236 e. The molecule has 1 rings (SSSR count). The first-order valence-electron chi connectivity index (χ1n) is 6.08. The molecular formula is C14H22N2O2. The minimum atomic E-state index is 0.107. The van der Waals surface area contributed by atoms with E-state index < -0.39 is 0 Å². The highest BCUT2D eigenvalue weighted by molar-refractivity contribution is 5.77. The van der Waals surface area contributed by atoms with Gasteiger partial charge in [0.05, 0.1) is 6.54 Å². The first-order chi connectivity index (χ1) is 8.40. The summed E-state index contributed by atoms with van der Waals surface area (Å²) in [6, 6.07) is 7.47. The van der Waals surface area contributed by atoms with Crippen LogP contribution in [0.1, 0.15) is 12.5 Å². The van der Waals surface area contributed by atoms with E-state index >= 15 is 0 Å². The molecule has 0 aromatic heterocycles. The zero-order valence-electron chi connectivity index (χ0n) is 11.6. The largest absolute Gasteiger partial charge is 0.508 e. The van der Waals surface area contributed by atoms with E-state index in [0.29, 0.717) is 6.54 Å². The van der Waals surface area contributed by atoms with Crippen molar-refractivity contribution in [1.29, 1.82) is 0 Å². The monoisotopic (exact) mass is 250 g/mol. The zero-order chi connectivity index (χ0) is 13.7. The summed E-state index contributed by atoms with van der Waals surface area (Å²) in [6.45, 7) is 2.52. The fourth-order valence-electron chi connectivity index (χ4n) is 1.64. The Morgan fingerprint density at radius 2 is 1.78 bits per heavy atom. The van der Waals surface area contributed by atoms with Gasteiger partial charge in [-0.25, -0.2) is 0 Å². The van der Waals surface area contributed by atoms with Gasteiger partial charge in [-0.1, -0.05) is 12.1 Å². The molecule has 1 amide bonds. The summed E-state index contributed by atoms with van der Waals surface area (Å²) in [4.78, 5) is 15.2. The molecule has 0 saturated heterocycles. The number of nitrogens with zero attached hydrogens (tertiary/aromatic N) is 2. The van der Waals surface area contributed by atoms with Gasteiger partial charge < -0.3 is 10.0 Å². The number of hydrogen-bond acceptors (Lipinski definition) is 3. The Labute approximate surface area is 109 Å². The fraction of sp³-hybridized carbons (Fsp3) is 0.500. The molecule has 1 N–H and O–H groups in total. The molecule has 100 valence electrons. The lowest BCUT2D eigenvalue weighted by Gasteiger charge is -2.25. The molecule has 0 bridgehead atoms. The lowest BCUT2D eigenvalue weighted by Crippen LogP contribution is -2.39. The van der Waals surface area contributed by atoms with Crippen molar-refractivity contribution in [3.63, 3.8) is 0 Å². The Bertz CT molecular complexity index is 387. The van der Waals surface area contributed by atoms with Crippen LogP contribution in [0.15, 0.2) is 24.3 Å². The number of likely N-dealkylation sites (N-methyl/N-ethyl adjacent to an activating group) is 2. The molecule has 18 heavy (non-hydrogen) atoms. The summed E-state index contributed by atoms with van der Waals surface area (Å²) in [7, 11) is 5.48. The number of carbonyl (C=O) groups is 1. The number of phenols is 1. The Morgan fingerprint density at radius 1 is 1.22 bits per heavy atom. The van der Waals surface area contributed by atoms with Crippen LogP contribution in [0.2, 0.25) is 0 Å². The average molecular weight is 250 g/mol. The molecule has 1 atom stereocenters. The normalized spacial score (nSPS) is 12.5. The van der Waals surface area contributed by atoms with Gasteiger partial charge >= 0.3 is 0 Å². The quantitative estimate of drug-likeness (QED) is 0.857. The Balaban J connectivity index is 2.51. The second kappa shape index (κ2) is 6.40. The van der Waals surface area contributed by atoms with Crippen LogP contribution in [0, 0.1) is 0 Å². The summed E-state index contributed by atoms with van der Waals surface area (Å²) in [5, 5.41) is 9.22. The van der Waals surface area contributed by atoms with Crippen LogP contribution in [0.4, 0.5) is 0 Å². The van der Waals surface area contributed by atoms with Crippen LogP contribution < -0.4 is 0 Å². The van der Waals surface area contributed by atoms with E-state index in [1.54, 1.807) is 31.1 Å². The van der Waals surface area contributed by atoms with E-state index in [1.165, 1.54) is 0 Å². The summed E-state index contributed by atoms with van der Waals surface area (Å²) in [5.41, 5.74) is 1.16. The molecule has 0 spiro atoms. The van der Waals surface area contributed by atoms with Crippen molar-refractivity contribution in [2.75, 3.05) is 27.7 Å². The first-order valence-corrected chi connectivity index (χ1v) is 6.08. The number of phenolic OH excluding ortho intramolecular Hbond substituents is 1. The van der Waals surface area contributed by atoms with Crippen molar-refractivity contribution in [3.8, 4) is 5.75 Å². The van der Waals surface area contributed by atoms with Gasteiger partial charge in [-0.15, -0.1) is 0 Å². The van der Waals surface area contributed by atoms with Crippen LogP contribution in [0.25, 0.3) is 0 Å². The van der Waals surface area contributed by atoms with Gasteiger partial charge in [0.1, 0.15) is 5.75 Å². The molecule has 0 saturated carbocycles. The van der Waals surface area contributed by atoms with Gasteiger partial charge in [0.25, 0.3) is 0 Å². The number of aromatic hydroxyl groups is 1. The van der Waals surface area contributed by atoms with Crippen molar-refractivity contribution >= 4 is 5.91 Å². The summed E-state index contributed by atoms with van der Waals surface area (Å²) >= 11 is 0. The fourth-order valence-corrected chi connectivity index (χ4v) is 1.64. The lowest BCUT2D eigenvalue weighted by molar-refractivity contribution is -0.130. The third-order valence-electron chi connectivity index (χ3n) is 3.10.